The number of hydrogen-bond donors (Lipinski definition) is 1. The number of nitrogens with one attached hydrogen (secondary N) is 1. The van der Waals surface area contributed by atoms with Crippen LogP contribution in [-0.2, 0) is 17.9 Å². The molecule has 0 aliphatic heterocycles. The SMILES string of the molecule is COCc1ccccc1CNC/C(C)=C/Cl. The van der Waals surface area contributed by atoms with E-state index in [1.54, 1.807) is 12.6 Å². The fourth-order valence-corrected chi connectivity index (χ4v) is 1.54. The smallest absolute Gasteiger partial charge is 0.0716 e. The van der Waals surface area contributed by atoms with Crippen molar-refractivity contribution in [2.75, 3.05) is 13.7 Å². The molecule has 0 heterocycles. The quantitative estimate of drug-likeness (QED) is 0.824. The third-order valence-corrected chi connectivity index (χ3v) is 2.70. The molecule has 0 aliphatic rings. The van der Waals surface area contributed by atoms with Gasteiger partial charge in [0, 0.05) is 25.7 Å². The van der Waals surface area contributed by atoms with Gasteiger partial charge in [0.25, 0.3) is 0 Å². The molecule has 1 aromatic carbocycles. The fourth-order valence-electron chi connectivity index (χ4n) is 1.46. The number of halogens is 1. The van der Waals surface area contributed by atoms with E-state index in [1.807, 2.05) is 19.1 Å². The van der Waals surface area contributed by atoms with Gasteiger partial charge < -0.3 is 10.1 Å². The third-order valence-electron chi connectivity index (χ3n) is 2.32. The van der Waals surface area contributed by atoms with Crippen molar-refractivity contribution in [2.45, 2.75) is 20.1 Å². The summed E-state index contributed by atoms with van der Waals surface area (Å²) in [5.41, 5.74) is 5.23. The Morgan fingerprint density at radius 3 is 2.69 bits per heavy atom. The van der Waals surface area contributed by atoms with Gasteiger partial charge in [0.2, 0.25) is 0 Å². The summed E-state index contributed by atoms with van der Waals surface area (Å²) in [5, 5.41) is 3.34. The van der Waals surface area contributed by atoms with E-state index in [9.17, 15) is 0 Å². The first-order valence-corrected chi connectivity index (χ1v) is 5.74. The second-order valence-corrected chi connectivity index (χ2v) is 3.98. The van der Waals surface area contributed by atoms with Crippen LogP contribution in [0, 0.1) is 0 Å². The van der Waals surface area contributed by atoms with Gasteiger partial charge in [-0.15, -0.1) is 0 Å². The summed E-state index contributed by atoms with van der Waals surface area (Å²) in [4.78, 5) is 0. The summed E-state index contributed by atoms with van der Waals surface area (Å²) >= 11 is 5.59. The van der Waals surface area contributed by atoms with E-state index in [0.717, 1.165) is 18.7 Å². The first-order chi connectivity index (χ1) is 7.77. The van der Waals surface area contributed by atoms with Crippen LogP contribution in [0.4, 0.5) is 0 Å². The summed E-state index contributed by atoms with van der Waals surface area (Å²) in [6.07, 6.45) is 0. The first kappa shape index (κ1) is 13.2. The minimum atomic E-state index is 0.655. The zero-order valence-corrected chi connectivity index (χ0v) is 10.6. The maximum atomic E-state index is 5.59. The highest BCUT2D eigenvalue weighted by Crippen LogP contribution is 2.09. The van der Waals surface area contributed by atoms with E-state index in [0.29, 0.717) is 6.61 Å². The molecule has 0 spiro atoms. The Balaban J connectivity index is 2.52. The normalized spacial score (nSPS) is 11.8. The minimum absolute atomic E-state index is 0.655. The topological polar surface area (TPSA) is 21.3 Å². The van der Waals surface area contributed by atoms with Crippen LogP contribution in [0.15, 0.2) is 35.4 Å². The number of benzene rings is 1. The number of methoxy groups -OCH3 is 1. The standard InChI is InChI=1S/C13H18ClNO/c1-11(7-14)8-15-9-12-5-3-4-6-13(12)10-16-2/h3-7,15H,8-10H2,1-2H3/b11-7+. The highest BCUT2D eigenvalue weighted by molar-refractivity contribution is 6.25. The molecule has 0 aromatic heterocycles. The molecule has 0 amide bonds. The molecule has 16 heavy (non-hydrogen) atoms. The number of ether oxygens (including phenoxy) is 1. The molecule has 1 aromatic rings. The second kappa shape index (κ2) is 7.44. The van der Waals surface area contributed by atoms with Crippen molar-refractivity contribution in [3.63, 3.8) is 0 Å². The van der Waals surface area contributed by atoms with Crippen LogP contribution < -0.4 is 5.32 Å². The average Bonchev–Trinajstić information content (AvgIpc) is 2.31. The Bertz CT molecular complexity index is 350. The van der Waals surface area contributed by atoms with Crippen LogP contribution in [-0.4, -0.2) is 13.7 Å². The lowest BCUT2D eigenvalue weighted by Gasteiger charge is -2.09. The summed E-state index contributed by atoms with van der Waals surface area (Å²) in [5.74, 6) is 0. The van der Waals surface area contributed by atoms with Crippen molar-refractivity contribution >= 4 is 11.6 Å². The van der Waals surface area contributed by atoms with E-state index < -0.39 is 0 Å². The summed E-state index contributed by atoms with van der Waals surface area (Å²) in [6.45, 7) is 4.30. The van der Waals surface area contributed by atoms with E-state index in [2.05, 4.69) is 17.4 Å². The van der Waals surface area contributed by atoms with Crippen molar-refractivity contribution in [1.82, 2.24) is 5.32 Å². The molecule has 88 valence electrons. The zero-order valence-electron chi connectivity index (χ0n) is 9.79. The van der Waals surface area contributed by atoms with Crippen molar-refractivity contribution in [2.24, 2.45) is 0 Å². The lowest BCUT2D eigenvalue weighted by molar-refractivity contribution is 0.184. The molecule has 1 N–H and O–H groups in total. The number of hydrogen-bond acceptors (Lipinski definition) is 2. The first-order valence-electron chi connectivity index (χ1n) is 5.30. The van der Waals surface area contributed by atoms with Gasteiger partial charge in [0.05, 0.1) is 6.61 Å². The Kier molecular flexibility index (Phi) is 6.16. The largest absolute Gasteiger partial charge is 0.380 e. The highest BCUT2D eigenvalue weighted by atomic mass is 35.5. The van der Waals surface area contributed by atoms with Gasteiger partial charge in [-0.25, -0.2) is 0 Å². The van der Waals surface area contributed by atoms with Crippen molar-refractivity contribution in [1.29, 1.82) is 0 Å². The predicted octanol–water partition coefficient (Wildman–Crippen LogP) is 3.07. The summed E-state index contributed by atoms with van der Waals surface area (Å²) in [6, 6.07) is 8.27. The molecule has 0 bridgehead atoms. The molecule has 1 rings (SSSR count). The molecule has 2 nitrogen and oxygen atoms in total. The van der Waals surface area contributed by atoms with Crippen molar-refractivity contribution in [3.05, 3.63) is 46.5 Å². The summed E-state index contributed by atoms with van der Waals surface area (Å²) < 4.78 is 5.16. The van der Waals surface area contributed by atoms with Crippen LogP contribution in [0.3, 0.4) is 0 Å². The maximum Gasteiger partial charge on any atom is 0.0716 e. The molecule has 0 fully saturated rings. The molecule has 0 aliphatic carbocycles. The predicted molar refractivity (Wildman–Crippen MR) is 68.5 cm³/mol. The lowest BCUT2D eigenvalue weighted by Crippen LogP contribution is -2.16. The Hall–Kier alpha value is -0.830. The average molecular weight is 240 g/mol. The van der Waals surface area contributed by atoms with E-state index in [4.69, 9.17) is 16.3 Å². The third kappa shape index (κ3) is 4.35. The van der Waals surface area contributed by atoms with Crippen LogP contribution in [0.2, 0.25) is 0 Å². The minimum Gasteiger partial charge on any atom is -0.380 e. The van der Waals surface area contributed by atoms with Gasteiger partial charge in [0.15, 0.2) is 0 Å². The van der Waals surface area contributed by atoms with E-state index >= 15 is 0 Å². The molecule has 3 heteroatoms. The van der Waals surface area contributed by atoms with Crippen LogP contribution >= 0.6 is 11.6 Å². The monoisotopic (exact) mass is 239 g/mol. The zero-order chi connectivity index (χ0) is 11.8. The second-order valence-electron chi connectivity index (χ2n) is 3.76. The Labute approximate surface area is 102 Å². The lowest BCUT2D eigenvalue weighted by atomic mass is 10.1. The molecule has 0 saturated heterocycles. The molecule has 0 unspecified atom stereocenters. The van der Waals surface area contributed by atoms with Gasteiger partial charge >= 0.3 is 0 Å². The summed E-state index contributed by atoms with van der Waals surface area (Å²) in [7, 11) is 1.71. The van der Waals surface area contributed by atoms with Gasteiger partial charge in [-0.2, -0.15) is 0 Å². The van der Waals surface area contributed by atoms with Crippen molar-refractivity contribution < 1.29 is 4.74 Å². The maximum absolute atomic E-state index is 5.59. The molecule has 0 atom stereocenters. The van der Waals surface area contributed by atoms with E-state index in [1.165, 1.54) is 11.1 Å². The fraction of sp³-hybridized carbons (Fsp3) is 0.385. The molecular weight excluding hydrogens is 222 g/mol. The molecule has 0 saturated carbocycles. The van der Waals surface area contributed by atoms with Gasteiger partial charge in [-0.3, -0.25) is 0 Å². The molecule has 0 radical (unpaired) electrons. The van der Waals surface area contributed by atoms with Gasteiger partial charge in [0.1, 0.15) is 0 Å². The van der Waals surface area contributed by atoms with Gasteiger partial charge in [-0.1, -0.05) is 35.9 Å². The van der Waals surface area contributed by atoms with E-state index in [-0.39, 0.29) is 0 Å². The van der Waals surface area contributed by atoms with Gasteiger partial charge in [-0.05, 0) is 23.6 Å². The van der Waals surface area contributed by atoms with Crippen LogP contribution in [0.1, 0.15) is 18.1 Å². The Morgan fingerprint density at radius 2 is 2.06 bits per heavy atom. The van der Waals surface area contributed by atoms with Crippen molar-refractivity contribution in [3.8, 4) is 0 Å². The number of rotatable bonds is 6. The van der Waals surface area contributed by atoms with Crippen LogP contribution in [0.5, 0.6) is 0 Å². The highest BCUT2D eigenvalue weighted by Gasteiger charge is 2.00. The Morgan fingerprint density at radius 1 is 1.38 bits per heavy atom. The van der Waals surface area contributed by atoms with Crippen LogP contribution in [0.25, 0.3) is 0 Å². The molecular formula is C13H18ClNO.